The van der Waals surface area contributed by atoms with Gasteiger partial charge in [-0.1, -0.05) is 35.9 Å². The van der Waals surface area contributed by atoms with Crippen LogP contribution >= 0.6 is 11.6 Å². The lowest BCUT2D eigenvalue weighted by Crippen LogP contribution is -2.35. The lowest BCUT2D eigenvalue weighted by Gasteiger charge is -2.14. The van der Waals surface area contributed by atoms with Crippen LogP contribution in [0.1, 0.15) is 28.8 Å². The molecule has 0 saturated carbocycles. The van der Waals surface area contributed by atoms with E-state index in [1.807, 2.05) is 24.3 Å². The zero-order valence-corrected chi connectivity index (χ0v) is 16.1. The van der Waals surface area contributed by atoms with Gasteiger partial charge in [-0.2, -0.15) is 0 Å². The highest BCUT2D eigenvalue weighted by Gasteiger charge is 2.40. The molecule has 0 aliphatic carbocycles. The van der Waals surface area contributed by atoms with E-state index < -0.39 is 15.9 Å². The Balaban J connectivity index is 1.46. The third-order valence-corrected chi connectivity index (χ3v) is 6.42. The van der Waals surface area contributed by atoms with Crippen LogP contribution in [0.2, 0.25) is 5.02 Å². The molecule has 1 aliphatic heterocycles. The number of carbonyl (C=O) groups is 2. The van der Waals surface area contributed by atoms with E-state index in [-0.39, 0.29) is 29.3 Å². The van der Waals surface area contributed by atoms with Crippen molar-refractivity contribution < 1.29 is 18.0 Å². The van der Waals surface area contributed by atoms with Crippen molar-refractivity contribution in [2.75, 3.05) is 13.1 Å². The normalized spacial score (nSPS) is 14.9. The quantitative estimate of drug-likeness (QED) is 0.716. The first-order valence-corrected chi connectivity index (χ1v) is 10.4. The fraction of sp³-hybridized carbons (Fsp3) is 0.263. The van der Waals surface area contributed by atoms with Gasteiger partial charge in [0.25, 0.3) is 15.9 Å². The Morgan fingerprint density at radius 1 is 1.07 bits per heavy atom. The number of fused-ring (bicyclic) bond motifs is 1. The van der Waals surface area contributed by atoms with Crippen LogP contribution in [-0.4, -0.2) is 37.6 Å². The Morgan fingerprint density at radius 2 is 1.78 bits per heavy atom. The lowest BCUT2D eigenvalue weighted by atomic mass is 10.1. The number of hydrogen-bond acceptors (Lipinski definition) is 4. The van der Waals surface area contributed by atoms with Crippen LogP contribution in [0.5, 0.6) is 0 Å². The van der Waals surface area contributed by atoms with Crippen LogP contribution in [0.15, 0.2) is 53.4 Å². The highest BCUT2D eigenvalue weighted by atomic mass is 35.5. The van der Waals surface area contributed by atoms with Crippen LogP contribution in [-0.2, 0) is 21.2 Å². The largest absolute Gasteiger partial charge is 0.356 e. The highest BCUT2D eigenvalue weighted by Crippen LogP contribution is 2.29. The van der Waals surface area contributed by atoms with Crippen molar-refractivity contribution in [3.05, 3.63) is 64.7 Å². The molecule has 0 fully saturated rings. The van der Waals surface area contributed by atoms with E-state index >= 15 is 0 Å². The molecule has 6 nitrogen and oxygen atoms in total. The Bertz CT molecular complexity index is 958. The van der Waals surface area contributed by atoms with Gasteiger partial charge in [0.15, 0.2) is 0 Å². The zero-order chi connectivity index (χ0) is 19.4. The fourth-order valence-electron chi connectivity index (χ4n) is 2.92. The molecule has 1 aliphatic rings. The molecule has 3 rings (SSSR count). The minimum absolute atomic E-state index is 0.00151. The summed E-state index contributed by atoms with van der Waals surface area (Å²) in [4.78, 5) is 24.3. The predicted molar refractivity (Wildman–Crippen MR) is 102 cm³/mol. The van der Waals surface area contributed by atoms with Crippen LogP contribution in [0.25, 0.3) is 0 Å². The number of hydrogen-bond donors (Lipinski definition) is 1. The van der Waals surface area contributed by atoms with E-state index in [0.717, 1.165) is 22.7 Å². The average molecular weight is 407 g/mol. The summed E-state index contributed by atoms with van der Waals surface area (Å²) < 4.78 is 25.6. The molecule has 0 radical (unpaired) electrons. The Hall–Kier alpha value is -2.38. The van der Waals surface area contributed by atoms with Gasteiger partial charge in [0.2, 0.25) is 5.91 Å². The van der Waals surface area contributed by atoms with E-state index in [1.54, 1.807) is 12.1 Å². The van der Waals surface area contributed by atoms with Gasteiger partial charge < -0.3 is 5.32 Å². The third kappa shape index (κ3) is 4.31. The topological polar surface area (TPSA) is 83.6 Å². The van der Waals surface area contributed by atoms with Gasteiger partial charge in [-0.15, -0.1) is 0 Å². The van der Waals surface area contributed by atoms with Crippen molar-refractivity contribution in [2.24, 2.45) is 0 Å². The standard InChI is InChI=1S/C19H19ClN2O4S/c20-15-9-7-14(8-10-15)4-3-12-21-18(23)11-13-22-19(24)16-5-1-2-6-17(16)27(22,25)26/h1-2,5-10H,3-4,11-13H2,(H,21,23). The Kier molecular flexibility index (Phi) is 5.82. The molecule has 2 amide bonds. The van der Waals surface area contributed by atoms with Crippen molar-refractivity contribution in [1.82, 2.24) is 9.62 Å². The summed E-state index contributed by atoms with van der Waals surface area (Å²) in [5.74, 6) is -0.869. The maximum Gasteiger partial charge on any atom is 0.269 e. The molecule has 1 N–H and O–H groups in total. The molecule has 2 aromatic carbocycles. The van der Waals surface area contributed by atoms with Crippen molar-refractivity contribution in [2.45, 2.75) is 24.2 Å². The van der Waals surface area contributed by atoms with Crippen LogP contribution < -0.4 is 5.32 Å². The Labute approximate surface area is 163 Å². The third-order valence-electron chi connectivity index (χ3n) is 4.33. The summed E-state index contributed by atoms with van der Waals surface area (Å²) in [6.07, 6.45) is 1.48. The molecule has 0 spiro atoms. The number of benzene rings is 2. The maximum atomic E-state index is 12.4. The average Bonchev–Trinajstić information content (AvgIpc) is 2.85. The second kappa shape index (κ2) is 8.10. The number of rotatable bonds is 7. The molecule has 27 heavy (non-hydrogen) atoms. The molecule has 0 saturated heterocycles. The number of amides is 2. The number of nitrogens with one attached hydrogen (secondary N) is 1. The summed E-state index contributed by atoms with van der Waals surface area (Å²) in [7, 11) is -3.86. The Morgan fingerprint density at radius 3 is 2.48 bits per heavy atom. The van der Waals surface area contributed by atoms with Gasteiger partial charge >= 0.3 is 0 Å². The number of halogens is 1. The second-order valence-corrected chi connectivity index (χ2v) is 8.48. The minimum Gasteiger partial charge on any atom is -0.356 e. The van der Waals surface area contributed by atoms with E-state index in [2.05, 4.69) is 5.32 Å². The number of nitrogens with zero attached hydrogens (tertiary/aromatic N) is 1. The molecule has 8 heteroatoms. The van der Waals surface area contributed by atoms with Crippen molar-refractivity contribution in [1.29, 1.82) is 0 Å². The second-order valence-electron chi connectivity index (χ2n) is 6.21. The molecular formula is C19H19ClN2O4S. The zero-order valence-electron chi connectivity index (χ0n) is 14.5. The van der Waals surface area contributed by atoms with Crippen LogP contribution in [0.4, 0.5) is 0 Å². The van der Waals surface area contributed by atoms with Gasteiger partial charge in [-0.05, 0) is 42.7 Å². The lowest BCUT2D eigenvalue weighted by molar-refractivity contribution is -0.121. The first kappa shape index (κ1) is 19.4. The van der Waals surface area contributed by atoms with Gasteiger partial charge in [0.05, 0.1) is 5.56 Å². The minimum atomic E-state index is -3.86. The maximum absolute atomic E-state index is 12.4. The number of aryl methyl sites for hydroxylation is 1. The van der Waals surface area contributed by atoms with E-state index in [9.17, 15) is 18.0 Å². The number of carbonyl (C=O) groups excluding carboxylic acids is 2. The summed E-state index contributed by atoms with van der Waals surface area (Å²) in [6, 6.07) is 13.6. The van der Waals surface area contributed by atoms with E-state index in [4.69, 9.17) is 11.6 Å². The first-order chi connectivity index (χ1) is 12.9. The van der Waals surface area contributed by atoms with Gasteiger partial charge in [0, 0.05) is 24.5 Å². The molecule has 0 bridgehead atoms. The molecule has 2 aromatic rings. The number of sulfonamides is 1. The fourth-order valence-corrected chi connectivity index (χ4v) is 4.61. The van der Waals surface area contributed by atoms with E-state index in [1.165, 1.54) is 12.1 Å². The predicted octanol–water partition coefficient (Wildman–Crippen LogP) is 2.62. The molecule has 142 valence electrons. The van der Waals surface area contributed by atoms with Crippen LogP contribution in [0, 0.1) is 0 Å². The summed E-state index contributed by atoms with van der Waals surface area (Å²) in [6.45, 7) is 0.307. The summed E-state index contributed by atoms with van der Waals surface area (Å²) in [5, 5.41) is 3.43. The van der Waals surface area contributed by atoms with Crippen LogP contribution in [0.3, 0.4) is 0 Å². The van der Waals surface area contributed by atoms with E-state index in [0.29, 0.717) is 11.6 Å². The molecular weight excluding hydrogens is 388 g/mol. The monoisotopic (exact) mass is 406 g/mol. The summed E-state index contributed by atoms with van der Waals surface area (Å²) in [5.41, 5.74) is 1.28. The van der Waals surface area contributed by atoms with Gasteiger partial charge in [0.1, 0.15) is 4.90 Å². The molecule has 1 heterocycles. The SMILES string of the molecule is O=C(CCN1C(=O)c2ccccc2S1(=O)=O)NCCCc1ccc(Cl)cc1. The first-order valence-electron chi connectivity index (χ1n) is 8.57. The van der Waals surface area contributed by atoms with Crippen molar-refractivity contribution in [3.63, 3.8) is 0 Å². The smallest absolute Gasteiger partial charge is 0.269 e. The molecule has 0 atom stereocenters. The van der Waals surface area contributed by atoms with Gasteiger partial charge in [-0.3, -0.25) is 9.59 Å². The van der Waals surface area contributed by atoms with Crippen molar-refractivity contribution >= 4 is 33.4 Å². The van der Waals surface area contributed by atoms with Gasteiger partial charge in [-0.25, -0.2) is 12.7 Å². The summed E-state index contributed by atoms with van der Waals surface area (Å²) >= 11 is 5.84. The van der Waals surface area contributed by atoms with Crippen molar-refractivity contribution in [3.8, 4) is 0 Å². The molecule has 0 aromatic heterocycles. The highest BCUT2D eigenvalue weighted by molar-refractivity contribution is 7.90. The molecule has 0 unspecified atom stereocenters.